The van der Waals surface area contributed by atoms with Crippen LogP contribution in [0.25, 0.3) is 6.08 Å². The van der Waals surface area contributed by atoms with E-state index in [4.69, 9.17) is 18.9 Å². The van der Waals surface area contributed by atoms with Crippen molar-refractivity contribution in [2.45, 2.75) is 145 Å². The number of carbonyl (C=O) groups is 1. The van der Waals surface area contributed by atoms with Crippen LogP contribution in [0.5, 0.6) is 23.0 Å². The van der Waals surface area contributed by atoms with Crippen LogP contribution < -0.4 is 18.9 Å². The molecule has 0 aromatic heterocycles. The first-order valence-corrected chi connectivity index (χ1v) is 16.3. The Morgan fingerprint density at radius 1 is 0.667 bits per heavy atom. The van der Waals surface area contributed by atoms with Crippen LogP contribution in [0, 0.1) is 0 Å². The molecule has 2 rings (SSSR count). The van der Waals surface area contributed by atoms with Crippen LogP contribution in [0.1, 0.15) is 135 Å². The molecule has 0 aliphatic heterocycles. The van der Waals surface area contributed by atoms with E-state index in [-0.39, 0.29) is 30.2 Å². The molecule has 0 spiro atoms. The number of ketones is 1. The average Bonchev–Trinajstić information content (AvgIpc) is 2.94. The van der Waals surface area contributed by atoms with E-state index in [0.717, 1.165) is 69.1 Å². The third-order valence-electron chi connectivity index (χ3n) is 7.28. The Bertz CT molecular complexity index is 1120. The molecule has 234 valence electrons. The molecule has 0 saturated heterocycles. The zero-order valence-electron chi connectivity index (χ0n) is 27.8. The summed E-state index contributed by atoms with van der Waals surface area (Å²) in [7, 11) is 0. The van der Waals surface area contributed by atoms with Crippen LogP contribution in [0.3, 0.4) is 0 Å². The molecule has 2 aromatic carbocycles. The second kappa shape index (κ2) is 18.6. The Morgan fingerprint density at radius 3 is 1.74 bits per heavy atom. The smallest absolute Gasteiger partial charge is 0.189 e. The van der Waals surface area contributed by atoms with Crippen LogP contribution in [-0.4, -0.2) is 30.2 Å². The van der Waals surface area contributed by atoms with Crippen LogP contribution in [-0.2, 0) is 6.42 Å². The normalized spacial score (nSPS) is 14.3. The molecule has 4 unspecified atom stereocenters. The second-order valence-electron chi connectivity index (χ2n) is 11.6. The molecule has 0 saturated carbocycles. The molecule has 5 nitrogen and oxygen atoms in total. The van der Waals surface area contributed by atoms with Crippen molar-refractivity contribution < 1.29 is 23.7 Å². The molecule has 0 fully saturated rings. The molecule has 0 aliphatic rings. The monoisotopic (exact) mass is 580 g/mol. The van der Waals surface area contributed by atoms with E-state index >= 15 is 0 Å². The van der Waals surface area contributed by atoms with Crippen molar-refractivity contribution in [1.82, 2.24) is 0 Å². The highest BCUT2D eigenvalue weighted by Crippen LogP contribution is 2.39. The quantitative estimate of drug-likeness (QED) is 0.115. The summed E-state index contributed by atoms with van der Waals surface area (Å²) in [5.74, 6) is 2.28. The average molecular weight is 581 g/mol. The second-order valence-corrected chi connectivity index (χ2v) is 11.6. The van der Waals surface area contributed by atoms with E-state index in [0.29, 0.717) is 22.8 Å². The first-order valence-electron chi connectivity index (χ1n) is 16.3. The molecule has 5 heteroatoms. The predicted octanol–water partition coefficient (Wildman–Crippen LogP) is 10.4. The van der Waals surface area contributed by atoms with Crippen LogP contribution >= 0.6 is 0 Å². The number of rotatable bonds is 20. The van der Waals surface area contributed by atoms with Gasteiger partial charge in [0.05, 0.1) is 30.0 Å². The van der Waals surface area contributed by atoms with E-state index in [1.807, 2.05) is 31.2 Å². The number of carbonyl (C=O) groups excluding carboxylic acids is 1. The van der Waals surface area contributed by atoms with E-state index in [9.17, 15) is 4.79 Å². The molecule has 0 heterocycles. The summed E-state index contributed by atoms with van der Waals surface area (Å²) in [5, 5.41) is 0. The molecular formula is C37H56O5. The number of allylic oxidation sites excluding steroid dienone is 1. The third-order valence-corrected chi connectivity index (χ3v) is 7.28. The van der Waals surface area contributed by atoms with Gasteiger partial charge in [0.2, 0.25) is 0 Å². The lowest BCUT2D eigenvalue weighted by molar-refractivity contribution is 0.103. The SMILES string of the molecule is CCCC(C)Oc1cc(OC(C)CCC)c(OC(C)CCC)c(C(=O)C=Cc2cc(CC)ccc2OC(C)CCC)c1. The molecule has 0 bridgehead atoms. The van der Waals surface area contributed by atoms with Crippen molar-refractivity contribution in [3.63, 3.8) is 0 Å². The minimum Gasteiger partial charge on any atom is -0.491 e. The fourth-order valence-corrected chi connectivity index (χ4v) is 5.08. The van der Waals surface area contributed by atoms with E-state index in [2.05, 4.69) is 67.5 Å². The Hall–Kier alpha value is -2.95. The molecule has 4 atom stereocenters. The van der Waals surface area contributed by atoms with Gasteiger partial charge in [-0.3, -0.25) is 4.79 Å². The number of hydrogen-bond acceptors (Lipinski definition) is 5. The van der Waals surface area contributed by atoms with E-state index < -0.39 is 0 Å². The zero-order valence-corrected chi connectivity index (χ0v) is 27.8. The zero-order chi connectivity index (χ0) is 31.1. The highest BCUT2D eigenvalue weighted by atomic mass is 16.5. The Labute approximate surface area is 256 Å². The Balaban J connectivity index is 2.60. The van der Waals surface area contributed by atoms with Gasteiger partial charge in [-0.2, -0.15) is 0 Å². The summed E-state index contributed by atoms with van der Waals surface area (Å²) in [6.07, 6.45) is 12.1. The fourth-order valence-electron chi connectivity index (χ4n) is 5.08. The molecule has 0 radical (unpaired) electrons. The largest absolute Gasteiger partial charge is 0.491 e. The lowest BCUT2D eigenvalue weighted by atomic mass is 10.0. The summed E-state index contributed by atoms with van der Waals surface area (Å²) in [4.78, 5) is 14.0. The summed E-state index contributed by atoms with van der Waals surface area (Å²) >= 11 is 0. The van der Waals surface area contributed by atoms with Gasteiger partial charge in [-0.05, 0) is 95.7 Å². The summed E-state index contributed by atoms with van der Waals surface area (Å²) in [6, 6.07) is 9.91. The van der Waals surface area contributed by atoms with Crippen LogP contribution in [0.2, 0.25) is 0 Å². The molecule has 0 N–H and O–H groups in total. The van der Waals surface area contributed by atoms with Crippen molar-refractivity contribution in [1.29, 1.82) is 0 Å². The predicted molar refractivity (Wildman–Crippen MR) is 176 cm³/mol. The van der Waals surface area contributed by atoms with Crippen molar-refractivity contribution in [3.05, 3.63) is 53.1 Å². The fraction of sp³-hybridized carbons (Fsp3) is 0.595. The topological polar surface area (TPSA) is 54.0 Å². The van der Waals surface area contributed by atoms with Crippen LogP contribution in [0.4, 0.5) is 0 Å². The van der Waals surface area contributed by atoms with Crippen molar-refractivity contribution in [2.75, 3.05) is 0 Å². The van der Waals surface area contributed by atoms with Gasteiger partial charge < -0.3 is 18.9 Å². The minimum absolute atomic E-state index is 0.0155. The number of benzene rings is 2. The van der Waals surface area contributed by atoms with E-state index in [1.165, 1.54) is 5.56 Å². The first-order chi connectivity index (χ1) is 20.1. The molecule has 0 aliphatic carbocycles. The maximum atomic E-state index is 14.0. The Kier molecular flexibility index (Phi) is 15.6. The summed E-state index contributed by atoms with van der Waals surface area (Å²) < 4.78 is 25.4. The first kappa shape index (κ1) is 35.2. The highest BCUT2D eigenvalue weighted by Gasteiger charge is 2.23. The standard InChI is InChI=1S/C37H56O5/c1-10-15-26(6)39-32-24-33(37(42-29(9)18-13-4)36(25-32)41-28(8)17-12-3)34(38)21-20-31-23-30(14-5)19-22-35(31)40-27(7)16-11-2/h19-29H,10-18H2,1-9H3. The van der Waals surface area contributed by atoms with Gasteiger partial charge in [0, 0.05) is 11.6 Å². The molecule has 0 amide bonds. The van der Waals surface area contributed by atoms with Gasteiger partial charge in [0.25, 0.3) is 0 Å². The maximum absolute atomic E-state index is 14.0. The molecule has 2 aromatic rings. The van der Waals surface area contributed by atoms with Crippen molar-refractivity contribution in [2.24, 2.45) is 0 Å². The summed E-state index contributed by atoms with van der Waals surface area (Å²) in [6.45, 7) is 18.9. The van der Waals surface area contributed by atoms with Gasteiger partial charge in [-0.1, -0.05) is 66.4 Å². The molecular weight excluding hydrogens is 524 g/mol. The Morgan fingerprint density at radius 2 is 1.19 bits per heavy atom. The number of hydrogen-bond donors (Lipinski definition) is 0. The lowest BCUT2D eigenvalue weighted by Gasteiger charge is -2.24. The minimum atomic E-state index is -0.162. The third kappa shape index (κ3) is 11.4. The number of aryl methyl sites for hydroxylation is 1. The van der Waals surface area contributed by atoms with Crippen LogP contribution in [0.15, 0.2) is 36.4 Å². The van der Waals surface area contributed by atoms with Gasteiger partial charge in [-0.25, -0.2) is 0 Å². The number of ether oxygens (including phenoxy) is 4. The van der Waals surface area contributed by atoms with Crippen molar-refractivity contribution in [3.8, 4) is 23.0 Å². The van der Waals surface area contributed by atoms with E-state index in [1.54, 1.807) is 6.08 Å². The summed E-state index contributed by atoms with van der Waals surface area (Å²) in [5.41, 5.74) is 2.53. The van der Waals surface area contributed by atoms with Gasteiger partial charge in [0.15, 0.2) is 17.3 Å². The maximum Gasteiger partial charge on any atom is 0.189 e. The van der Waals surface area contributed by atoms with Gasteiger partial charge >= 0.3 is 0 Å². The highest BCUT2D eigenvalue weighted by molar-refractivity contribution is 6.09. The van der Waals surface area contributed by atoms with Gasteiger partial charge in [0.1, 0.15) is 11.5 Å². The molecule has 42 heavy (non-hydrogen) atoms. The van der Waals surface area contributed by atoms with Gasteiger partial charge in [-0.15, -0.1) is 0 Å². The lowest BCUT2D eigenvalue weighted by Crippen LogP contribution is -2.18. The van der Waals surface area contributed by atoms with Crippen molar-refractivity contribution >= 4 is 11.9 Å².